The first-order valence-corrected chi connectivity index (χ1v) is 14.0. The number of nitrogens with one attached hydrogen (secondary N) is 2. The van der Waals surface area contributed by atoms with Crippen molar-refractivity contribution in [3.8, 4) is 0 Å². The molecule has 0 amide bonds. The van der Waals surface area contributed by atoms with Crippen LogP contribution in [0, 0.1) is 10.5 Å². The number of nitrogen functional groups attached to an aromatic ring is 1. The Morgan fingerprint density at radius 2 is 2.12 bits per heavy atom. The van der Waals surface area contributed by atoms with E-state index in [1.165, 1.54) is 6.07 Å². The molecule has 41 heavy (non-hydrogen) atoms. The molecule has 0 unspecified atom stereocenters. The molecule has 1 saturated heterocycles. The Balaban J connectivity index is 1.45. The van der Waals surface area contributed by atoms with Gasteiger partial charge in [0.15, 0.2) is 5.13 Å². The van der Waals surface area contributed by atoms with Gasteiger partial charge < -0.3 is 10.7 Å². The second-order valence-electron chi connectivity index (χ2n) is 10.6. The van der Waals surface area contributed by atoms with Gasteiger partial charge in [0.05, 0.1) is 18.0 Å². The minimum atomic E-state index is -2.65. The lowest BCUT2D eigenvalue weighted by Crippen LogP contribution is -2.26. The third kappa shape index (κ3) is 6.34. The van der Waals surface area contributed by atoms with E-state index in [1.54, 1.807) is 29.4 Å². The Bertz CT molecular complexity index is 1640. The highest BCUT2D eigenvalue weighted by Gasteiger charge is 2.37. The standard InChI is InChI=1S/C31H31F3N6S/c1-18-4-5-22(27-6-7-28(32)41-27)23-13-26(39-25(23)11-18)29(35)24-12-21(15-38-30(24)36)20(14-37-3)10-19(2)16-40-9-8-31(33,34)17-40/h4-7,10,12-15,35,39H,3,8-9,11,16-17H2,1-2H3,(H2,36,38)/b19-10+,20-14+,35-29?. The number of hydrogen-bond donors (Lipinski definition) is 3. The number of anilines is 1. The van der Waals surface area contributed by atoms with Gasteiger partial charge in [-0.25, -0.2) is 13.8 Å². The smallest absolute Gasteiger partial charge is 0.261 e. The second kappa shape index (κ2) is 11.5. The number of aromatic nitrogens is 2. The maximum absolute atomic E-state index is 13.9. The minimum Gasteiger partial charge on any atom is -0.383 e. The highest BCUT2D eigenvalue weighted by molar-refractivity contribution is 7.11. The number of allylic oxidation sites excluding steroid dienone is 5. The van der Waals surface area contributed by atoms with E-state index < -0.39 is 5.92 Å². The fourth-order valence-electron chi connectivity index (χ4n) is 5.22. The van der Waals surface area contributed by atoms with Gasteiger partial charge in [0.25, 0.3) is 5.92 Å². The van der Waals surface area contributed by atoms with Gasteiger partial charge >= 0.3 is 0 Å². The van der Waals surface area contributed by atoms with Gasteiger partial charge in [-0.3, -0.25) is 15.3 Å². The van der Waals surface area contributed by atoms with Crippen molar-refractivity contribution < 1.29 is 13.2 Å². The van der Waals surface area contributed by atoms with Crippen molar-refractivity contribution in [3.63, 3.8) is 0 Å². The van der Waals surface area contributed by atoms with E-state index >= 15 is 0 Å². The first-order valence-electron chi connectivity index (χ1n) is 13.2. The Labute approximate surface area is 241 Å². The topological polar surface area (TPSA) is 94.2 Å². The van der Waals surface area contributed by atoms with Crippen LogP contribution in [0.5, 0.6) is 0 Å². The van der Waals surface area contributed by atoms with Gasteiger partial charge in [-0.05, 0) is 44.8 Å². The normalized spacial score (nSPS) is 17.6. The van der Waals surface area contributed by atoms with Gasteiger partial charge in [0.1, 0.15) is 5.82 Å². The number of halogens is 3. The number of nitrogens with two attached hydrogens (primary N) is 1. The van der Waals surface area contributed by atoms with E-state index in [4.69, 9.17) is 11.1 Å². The molecule has 4 heterocycles. The number of nitrogens with zero attached hydrogens (tertiary/aromatic N) is 3. The first kappa shape index (κ1) is 28.5. The average molecular weight is 577 g/mol. The summed E-state index contributed by atoms with van der Waals surface area (Å²) in [6.07, 6.45) is 9.59. The number of hydrogen-bond acceptors (Lipinski definition) is 6. The lowest BCUT2D eigenvalue weighted by atomic mass is 10.00. The fraction of sp³-hybridized carbons (Fsp3) is 0.258. The fourth-order valence-corrected chi connectivity index (χ4v) is 5.99. The molecule has 3 aromatic rings. The zero-order chi connectivity index (χ0) is 29.3. The van der Waals surface area contributed by atoms with Crippen molar-refractivity contribution in [1.82, 2.24) is 14.9 Å². The lowest BCUT2D eigenvalue weighted by Gasteiger charge is -2.16. The minimum absolute atomic E-state index is 0.135. The predicted molar refractivity (Wildman–Crippen MR) is 161 cm³/mol. The highest BCUT2D eigenvalue weighted by atomic mass is 32.1. The number of likely N-dealkylation sites (tertiary alicyclic amines) is 1. The summed E-state index contributed by atoms with van der Waals surface area (Å²) in [5.41, 5.74) is 13.5. The van der Waals surface area contributed by atoms with Gasteiger partial charge in [-0.2, -0.15) is 4.39 Å². The summed E-state index contributed by atoms with van der Waals surface area (Å²) < 4.78 is 41.2. The molecule has 212 valence electrons. The van der Waals surface area contributed by atoms with Crippen LogP contribution in [0.25, 0.3) is 11.1 Å². The Morgan fingerprint density at radius 3 is 2.80 bits per heavy atom. The molecular formula is C31H31F3N6S. The van der Waals surface area contributed by atoms with Crippen molar-refractivity contribution in [1.29, 1.82) is 5.41 Å². The third-order valence-electron chi connectivity index (χ3n) is 7.16. The SMILES string of the molecule is C=N/C=C(\C=C(/C)CN1CCC(F)(F)C1)c1cnc(N)c(C(=N)c2cc3c([nH]2)CC(C)=CC=C3c2ccc(F)s2)c1. The molecule has 6 nitrogen and oxygen atoms in total. The molecule has 0 spiro atoms. The molecule has 4 N–H and O–H groups in total. The van der Waals surface area contributed by atoms with E-state index in [0.29, 0.717) is 41.9 Å². The van der Waals surface area contributed by atoms with Gasteiger partial charge in [0, 0.05) is 76.7 Å². The van der Waals surface area contributed by atoms with E-state index in [1.807, 2.05) is 38.1 Å². The summed E-state index contributed by atoms with van der Waals surface area (Å²) in [4.78, 5) is 14.2. The van der Waals surface area contributed by atoms with Gasteiger partial charge in [-0.15, -0.1) is 11.3 Å². The molecule has 1 aliphatic carbocycles. The molecule has 3 aromatic heterocycles. The molecule has 10 heteroatoms. The van der Waals surface area contributed by atoms with Crippen molar-refractivity contribution >= 4 is 40.7 Å². The Morgan fingerprint density at radius 1 is 1.32 bits per heavy atom. The number of thiophene rings is 1. The molecule has 1 aliphatic heterocycles. The quantitative estimate of drug-likeness (QED) is 0.202. The van der Waals surface area contributed by atoms with Crippen LogP contribution in [0.15, 0.2) is 71.0 Å². The molecule has 0 atom stereocenters. The molecule has 0 saturated carbocycles. The average Bonchev–Trinajstić information content (AvgIpc) is 3.60. The van der Waals surface area contributed by atoms with Gasteiger partial charge in [0.2, 0.25) is 0 Å². The van der Waals surface area contributed by atoms with E-state index in [-0.39, 0.29) is 29.6 Å². The van der Waals surface area contributed by atoms with Crippen LogP contribution in [-0.4, -0.2) is 52.9 Å². The summed E-state index contributed by atoms with van der Waals surface area (Å²) in [6, 6.07) is 6.89. The van der Waals surface area contributed by atoms with E-state index in [9.17, 15) is 13.2 Å². The number of aromatic amines is 1. The molecule has 0 bridgehead atoms. The van der Waals surface area contributed by atoms with E-state index in [0.717, 1.165) is 44.2 Å². The number of rotatable bonds is 8. The number of alkyl halides is 2. The van der Waals surface area contributed by atoms with Crippen molar-refractivity contribution in [2.24, 2.45) is 4.99 Å². The molecule has 2 aliphatic rings. The van der Waals surface area contributed by atoms with Gasteiger partial charge in [-0.1, -0.05) is 29.4 Å². The Hall–Kier alpha value is -4.02. The molecule has 0 aromatic carbocycles. The molecule has 5 rings (SSSR count). The largest absolute Gasteiger partial charge is 0.383 e. The zero-order valence-corrected chi connectivity index (χ0v) is 23.7. The first-order chi connectivity index (χ1) is 19.5. The maximum atomic E-state index is 13.9. The molecule has 1 fully saturated rings. The summed E-state index contributed by atoms with van der Waals surface area (Å²) in [6.45, 7) is 7.98. The summed E-state index contributed by atoms with van der Waals surface area (Å²) in [5.74, 6) is -2.46. The Kier molecular flexibility index (Phi) is 7.97. The summed E-state index contributed by atoms with van der Waals surface area (Å²) >= 11 is 1.08. The van der Waals surface area contributed by atoms with Crippen LogP contribution in [0.2, 0.25) is 0 Å². The predicted octanol–water partition coefficient (Wildman–Crippen LogP) is 6.87. The second-order valence-corrected chi connectivity index (χ2v) is 11.6. The van der Waals surface area contributed by atoms with Crippen LogP contribution in [0.4, 0.5) is 19.0 Å². The molecular weight excluding hydrogens is 545 g/mol. The van der Waals surface area contributed by atoms with Crippen molar-refractivity contribution in [3.05, 3.63) is 104 Å². The third-order valence-corrected chi connectivity index (χ3v) is 8.07. The lowest BCUT2D eigenvalue weighted by molar-refractivity contribution is 0.0131. The van der Waals surface area contributed by atoms with Crippen LogP contribution >= 0.6 is 11.3 Å². The highest BCUT2D eigenvalue weighted by Crippen LogP contribution is 2.35. The summed E-state index contributed by atoms with van der Waals surface area (Å²) in [7, 11) is 0. The van der Waals surface area contributed by atoms with Crippen LogP contribution in [0.1, 0.15) is 53.2 Å². The van der Waals surface area contributed by atoms with Crippen LogP contribution < -0.4 is 5.73 Å². The molecule has 0 radical (unpaired) electrons. The van der Waals surface area contributed by atoms with Crippen molar-refractivity contribution in [2.75, 3.05) is 25.4 Å². The van der Waals surface area contributed by atoms with E-state index in [2.05, 4.69) is 21.7 Å². The maximum Gasteiger partial charge on any atom is 0.261 e. The van der Waals surface area contributed by atoms with Crippen molar-refractivity contribution in [2.45, 2.75) is 32.6 Å². The number of pyridine rings is 1. The zero-order valence-electron chi connectivity index (χ0n) is 22.9. The van der Waals surface area contributed by atoms with Crippen LogP contribution in [0.3, 0.4) is 0 Å². The number of aliphatic imine (C=N–C) groups is 1. The number of fused-ring (bicyclic) bond motifs is 1. The monoisotopic (exact) mass is 576 g/mol. The van der Waals surface area contributed by atoms with Crippen LogP contribution in [-0.2, 0) is 6.42 Å². The number of H-pyrrole nitrogens is 1. The summed E-state index contributed by atoms with van der Waals surface area (Å²) in [5, 5.41) is 8.79.